The molecule has 1 fully saturated rings. The molecule has 5 heteroatoms. The van der Waals surface area contributed by atoms with Crippen molar-refractivity contribution in [3.8, 4) is 0 Å². The Bertz CT molecular complexity index is 242. The minimum Gasteiger partial charge on any atom is -0.480 e. The first-order chi connectivity index (χ1) is 6.39. The Morgan fingerprint density at radius 2 is 2.00 bits per heavy atom. The molecule has 0 aromatic carbocycles. The second-order valence-electron chi connectivity index (χ2n) is 4.48. The molecule has 0 spiro atoms. The standard InChI is InChI=1S/C9H16N2O3/c1-9(2)5-11(6-9)4-7(12)10-3-8(13)14/h3-6H2,1-2H3,(H,10,12)(H,13,14). The van der Waals surface area contributed by atoms with Crippen molar-refractivity contribution in [1.29, 1.82) is 0 Å². The van der Waals surface area contributed by atoms with Crippen LogP contribution in [0.25, 0.3) is 0 Å². The van der Waals surface area contributed by atoms with E-state index in [2.05, 4.69) is 19.2 Å². The highest BCUT2D eigenvalue weighted by molar-refractivity contribution is 5.82. The minimum absolute atomic E-state index is 0.220. The molecule has 0 aromatic rings. The smallest absolute Gasteiger partial charge is 0.322 e. The lowest BCUT2D eigenvalue weighted by Crippen LogP contribution is -2.55. The predicted molar refractivity (Wildman–Crippen MR) is 50.9 cm³/mol. The van der Waals surface area contributed by atoms with Crippen molar-refractivity contribution in [2.75, 3.05) is 26.2 Å². The first kappa shape index (κ1) is 11.0. The average Bonchev–Trinajstić information content (AvgIpc) is 1.97. The van der Waals surface area contributed by atoms with Gasteiger partial charge in [0.2, 0.25) is 5.91 Å². The SMILES string of the molecule is CC1(C)CN(CC(=O)NCC(=O)O)C1. The second kappa shape index (κ2) is 3.96. The maximum absolute atomic E-state index is 11.1. The van der Waals surface area contributed by atoms with E-state index < -0.39 is 5.97 Å². The third-order valence-corrected chi connectivity index (χ3v) is 2.11. The molecule has 0 bridgehead atoms. The largest absolute Gasteiger partial charge is 0.480 e. The number of rotatable bonds is 4. The number of carboxylic acid groups (broad SMARTS) is 1. The molecule has 14 heavy (non-hydrogen) atoms. The van der Waals surface area contributed by atoms with Gasteiger partial charge in [-0.05, 0) is 5.41 Å². The van der Waals surface area contributed by atoms with Crippen LogP contribution < -0.4 is 5.32 Å². The highest BCUT2D eigenvalue weighted by Gasteiger charge is 2.34. The summed E-state index contributed by atoms with van der Waals surface area (Å²) in [5.41, 5.74) is 0.299. The molecule has 80 valence electrons. The number of nitrogens with one attached hydrogen (secondary N) is 1. The van der Waals surface area contributed by atoms with Crippen molar-refractivity contribution in [2.45, 2.75) is 13.8 Å². The van der Waals surface area contributed by atoms with Crippen LogP contribution in [0.5, 0.6) is 0 Å². The van der Waals surface area contributed by atoms with E-state index in [4.69, 9.17) is 5.11 Å². The van der Waals surface area contributed by atoms with Crippen LogP contribution in [0.2, 0.25) is 0 Å². The molecular weight excluding hydrogens is 184 g/mol. The maximum atomic E-state index is 11.1. The summed E-state index contributed by atoms with van der Waals surface area (Å²) in [4.78, 5) is 23.3. The number of aliphatic carboxylic acids is 1. The number of likely N-dealkylation sites (tertiary alicyclic amines) is 1. The Balaban J connectivity index is 2.14. The third-order valence-electron chi connectivity index (χ3n) is 2.11. The summed E-state index contributed by atoms with van der Waals surface area (Å²) < 4.78 is 0. The number of hydrogen-bond donors (Lipinski definition) is 2. The van der Waals surface area contributed by atoms with Gasteiger partial charge in [-0.25, -0.2) is 0 Å². The summed E-state index contributed by atoms with van der Waals surface area (Å²) in [6.45, 7) is 6.07. The van der Waals surface area contributed by atoms with Gasteiger partial charge in [0.15, 0.2) is 0 Å². The number of carbonyl (C=O) groups is 2. The molecule has 0 radical (unpaired) electrons. The van der Waals surface area contributed by atoms with Crippen LogP contribution in [-0.4, -0.2) is 48.1 Å². The van der Waals surface area contributed by atoms with Crippen LogP contribution in [0.15, 0.2) is 0 Å². The molecule has 2 N–H and O–H groups in total. The number of amides is 1. The van der Waals surface area contributed by atoms with Gasteiger partial charge in [-0.3, -0.25) is 14.5 Å². The first-order valence-corrected chi connectivity index (χ1v) is 4.60. The van der Waals surface area contributed by atoms with Gasteiger partial charge in [0.1, 0.15) is 6.54 Å². The van der Waals surface area contributed by atoms with Gasteiger partial charge in [-0.2, -0.15) is 0 Å². The fourth-order valence-corrected chi connectivity index (χ4v) is 1.71. The highest BCUT2D eigenvalue weighted by Crippen LogP contribution is 2.27. The quantitative estimate of drug-likeness (QED) is 0.643. The molecular formula is C9H16N2O3. The molecule has 1 aliphatic rings. The van der Waals surface area contributed by atoms with Gasteiger partial charge in [0, 0.05) is 13.1 Å². The fourth-order valence-electron chi connectivity index (χ4n) is 1.71. The van der Waals surface area contributed by atoms with Gasteiger partial charge in [-0.15, -0.1) is 0 Å². The van der Waals surface area contributed by atoms with Crippen LogP contribution >= 0.6 is 0 Å². The summed E-state index contributed by atoms with van der Waals surface area (Å²) in [6, 6.07) is 0. The van der Waals surface area contributed by atoms with Crippen molar-refractivity contribution in [3.63, 3.8) is 0 Å². The van der Waals surface area contributed by atoms with Crippen LogP contribution in [0.3, 0.4) is 0 Å². The lowest BCUT2D eigenvalue weighted by atomic mass is 9.84. The van der Waals surface area contributed by atoms with Gasteiger partial charge in [0.05, 0.1) is 6.54 Å². The molecule has 1 heterocycles. The number of nitrogens with zero attached hydrogens (tertiary/aromatic N) is 1. The zero-order chi connectivity index (χ0) is 10.8. The van der Waals surface area contributed by atoms with Gasteiger partial charge in [-0.1, -0.05) is 13.8 Å². The number of hydrogen-bond acceptors (Lipinski definition) is 3. The van der Waals surface area contributed by atoms with E-state index in [1.807, 2.05) is 4.90 Å². The van der Waals surface area contributed by atoms with E-state index in [0.717, 1.165) is 13.1 Å². The molecule has 5 nitrogen and oxygen atoms in total. The summed E-state index contributed by atoms with van der Waals surface area (Å²) in [6.07, 6.45) is 0. The van der Waals surface area contributed by atoms with Gasteiger partial charge in [0.25, 0.3) is 0 Å². The Kier molecular flexibility index (Phi) is 3.10. The van der Waals surface area contributed by atoms with E-state index in [1.54, 1.807) is 0 Å². The first-order valence-electron chi connectivity index (χ1n) is 4.60. The van der Waals surface area contributed by atoms with Gasteiger partial charge < -0.3 is 10.4 Å². The van der Waals surface area contributed by atoms with Crippen molar-refractivity contribution in [1.82, 2.24) is 10.2 Å². The Hall–Kier alpha value is -1.10. The fraction of sp³-hybridized carbons (Fsp3) is 0.778. The average molecular weight is 200 g/mol. The molecule has 1 aliphatic heterocycles. The van der Waals surface area contributed by atoms with Crippen LogP contribution in [0.4, 0.5) is 0 Å². The summed E-state index contributed by atoms with van der Waals surface area (Å²) in [5.74, 6) is -1.23. The Morgan fingerprint density at radius 1 is 1.43 bits per heavy atom. The van der Waals surface area contributed by atoms with Crippen LogP contribution in [0, 0.1) is 5.41 Å². The molecule has 0 aromatic heterocycles. The lowest BCUT2D eigenvalue weighted by molar-refractivity contribution is -0.138. The molecule has 0 unspecified atom stereocenters. The van der Waals surface area contributed by atoms with E-state index in [-0.39, 0.29) is 12.5 Å². The van der Waals surface area contributed by atoms with E-state index >= 15 is 0 Å². The normalized spacial score (nSPS) is 19.9. The molecule has 0 saturated carbocycles. The highest BCUT2D eigenvalue weighted by atomic mass is 16.4. The Morgan fingerprint density at radius 3 is 2.43 bits per heavy atom. The Labute approximate surface area is 83.1 Å². The second-order valence-corrected chi connectivity index (χ2v) is 4.48. The minimum atomic E-state index is -1.01. The van der Waals surface area contributed by atoms with E-state index in [1.165, 1.54) is 0 Å². The lowest BCUT2D eigenvalue weighted by Gasteiger charge is -2.45. The number of carbonyl (C=O) groups excluding carboxylic acids is 1. The van der Waals surface area contributed by atoms with Crippen molar-refractivity contribution in [2.24, 2.45) is 5.41 Å². The molecule has 1 amide bonds. The molecule has 1 saturated heterocycles. The molecule has 0 atom stereocenters. The van der Waals surface area contributed by atoms with Crippen LogP contribution in [0.1, 0.15) is 13.8 Å². The topological polar surface area (TPSA) is 69.6 Å². The molecule has 0 aliphatic carbocycles. The van der Waals surface area contributed by atoms with Gasteiger partial charge >= 0.3 is 5.97 Å². The number of carboxylic acids is 1. The predicted octanol–water partition coefficient (Wildman–Crippen LogP) is -0.471. The van der Waals surface area contributed by atoms with Crippen LogP contribution in [-0.2, 0) is 9.59 Å². The monoisotopic (exact) mass is 200 g/mol. The van der Waals surface area contributed by atoms with E-state index in [0.29, 0.717) is 12.0 Å². The summed E-state index contributed by atoms with van der Waals surface area (Å²) in [7, 11) is 0. The summed E-state index contributed by atoms with van der Waals surface area (Å²) in [5, 5.41) is 10.7. The van der Waals surface area contributed by atoms with Crippen molar-refractivity contribution < 1.29 is 14.7 Å². The molecule has 1 rings (SSSR count). The van der Waals surface area contributed by atoms with E-state index in [9.17, 15) is 9.59 Å². The summed E-state index contributed by atoms with van der Waals surface area (Å²) >= 11 is 0. The van der Waals surface area contributed by atoms with Crippen molar-refractivity contribution in [3.05, 3.63) is 0 Å². The third kappa shape index (κ3) is 3.33. The zero-order valence-corrected chi connectivity index (χ0v) is 8.54. The van der Waals surface area contributed by atoms with Crippen molar-refractivity contribution >= 4 is 11.9 Å². The maximum Gasteiger partial charge on any atom is 0.322 e. The zero-order valence-electron chi connectivity index (χ0n) is 8.54.